The molecule has 0 amide bonds. The molecular weight excluding hydrogens is 416 g/mol. The van der Waals surface area contributed by atoms with Gasteiger partial charge in [0, 0.05) is 33.7 Å². The Bertz CT molecular complexity index is 1410. The number of aromatic amines is 1. The van der Waals surface area contributed by atoms with Gasteiger partial charge in [0.1, 0.15) is 17.9 Å². The summed E-state index contributed by atoms with van der Waals surface area (Å²) in [5, 5.41) is 11.1. The molecular formula is C27H26N2O4. The second kappa shape index (κ2) is 9.53. The van der Waals surface area contributed by atoms with Crippen molar-refractivity contribution >= 4 is 33.5 Å². The van der Waals surface area contributed by atoms with Crippen molar-refractivity contribution in [3.63, 3.8) is 0 Å². The van der Waals surface area contributed by atoms with Crippen LogP contribution in [-0.4, -0.2) is 16.1 Å². The predicted molar refractivity (Wildman–Crippen MR) is 131 cm³/mol. The van der Waals surface area contributed by atoms with E-state index in [0.717, 1.165) is 38.6 Å². The monoisotopic (exact) mass is 442 g/mol. The van der Waals surface area contributed by atoms with Gasteiger partial charge in [0.2, 0.25) is 0 Å². The Balaban J connectivity index is 0.00000126. The molecule has 0 radical (unpaired) electrons. The van der Waals surface area contributed by atoms with Crippen molar-refractivity contribution in [2.24, 2.45) is 0 Å². The number of hydrogen-bond donors (Lipinski definition) is 3. The van der Waals surface area contributed by atoms with Crippen molar-refractivity contribution < 1.29 is 19.1 Å². The van der Waals surface area contributed by atoms with E-state index in [-0.39, 0.29) is 6.42 Å². The average Bonchev–Trinajstić information content (AvgIpc) is 3.46. The second-order valence-electron chi connectivity index (χ2n) is 7.42. The number of nitrogen functional groups attached to an aromatic ring is 1. The normalized spacial score (nSPS) is 10.7. The topological polar surface area (TPSA) is 101 Å². The van der Waals surface area contributed by atoms with Crippen molar-refractivity contribution in [2.75, 3.05) is 5.73 Å². The van der Waals surface area contributed by atoms with Gasteiger partial charge in [-0.05, 0) is 29.8 Å². The summed E-state index contributed by atoms with van der Waals surface area (Å²) < 4.78 is 11.8. The predicted octanol–water partition coefficient (Wildman–Crippen LogP) is 6.40. The van der Waals surface area contributed by atoms with E-state index in [4.69, 9.17) is 20.0 Å². The minimum Gasteiger partial charge on any atom is -0.489 e. The van der Waals surface area contributed by atoms with Crippen LogP contribution in [0.3, 0.4) is 0 Å². The number of fused-ring (bicyclic) bond motifs is 2. The summed E-state index contributed by atoms with van der Waals surface area (Å²) in [6.45, 7) is 4.30. The lowest BCUT2D eigenvalue weighted by Crippen LogP contribution is -2.04. The highest BCUT2D eigenvalue weighted by atomic mass is 16.5. The molecule has 33 heavy (non-hydrogen) atoms. The molecule has 0 aliphatic heterocycles. The lowest BCUT2D eigenvalue weighted by molar-refractivity contribution is -0.136. The summed E-state index contributed by atoms with van der Waals surface area (Å²) in [6.07, 6.45) is 3.38. The number of carboxylic acids is 1. The molecule has 2 aromatic heterocycles. The van der Waals surface area contributed by atoms with Crippen LogP contribution in [0.1, 0.15) is 25.0 Å². The largest absolute Gasteiger partial charge is 0.489 e. The van der Waals surface area contributed by atoms with Gasteiger partial charge in [0.25, 0.3) is 0 Å². The number of furan rings is 1. The third kappa shape index (κ3) is 4.41. The van der Waals surface area contributed by atoms with Gasteiger partial charge >= 0.3 is 5.97 Å². The quantitative estimate of drug-likeness (QED) is 0.283. The third-order valence-electron chi connectivity index (χ3n) is 5.36. The van der Waals surface area contributed by atoms with E-state index in [1.165, 1.54) is 0 Å². The summed E-state index contributed by atoms with van der Waals surface area (Å²) in [6, 6.07) is 19.2. The second-order valence-corrected chi connectivity index (χ2v) is 7.42. The van der Waals surface area contributed by atoms with Gasteiger partial charge in [-0.15, -0.1) is 0 Å². The standard InChI is InChI=1S/C25H20N2O4.C2H6/c26-21-13-27-24-18(5-3-6-19(21)24)20-11-15(10-17-8-9-30-25(17)20)14-31-22-7-2-1-4-16(22)12-23(28)29;1-2/h1-11,13,27H,12,14,26H2,(H,28,29);1-2H3. The van der Waals surface area contributed by atoms with Gasteiger partial charge in [0.15, 0.2) is 0 Å². The molecule has 0 saturated carbocycles. The van der Waals surface area contributed by atoms with E-state index in [1.54, 1.807) is 24.6 Å². The van der Waals surface area contributed by atoms with Gasteiger partial charge < -0.3 is 25.0 Å². The molecule has 0 aliphatic carbocycles. The molecule has 0 spiro atoms. The summed E-state index contributed by atoms with van der Waals surface area (Å²) >= 11 is 0. The molecule has 0 bridgehead atoms. The van der Waals surface area contributed by atoms with Crippen LogP contribution < -0.4 is 10.5 Å². The maximum atomic E-state index is 11.1. The molecule has 0 fully saturated rings. The first-order chi connectivity index (χ1) is 16.1. The number of ether oxygens (including phenoxy) is 1. The highest BCUT2D eigenvalue weighted by Crippen LogP contribution is 2.36. The molecule has 168 valence electrons. The zero-order valence-corrected chi connectivity index (χ0v) is 18.6. The molecule has 0 saturated heterocycles. The van der Waals surface area contributed by atoms with Crippen LogP contribution in [0, 0.1) is 0 Å². The smallest absolute Gasteiger partial charge is 0.307 e. The Labute approximate surface area is 191 Å². The van der Waals surface area contributed by atoms with Crippen molar-refractivity contribution in [1.82, 2.24) is 4.98 Å². The van der Waals surface area contributed by atoms with E-state index in [0.29, 0.717) is 23.6 Å². The number of anilines is 1. The van der Waals surface area contributed by atoms with Crippen molar-refractivity contribution in [3.05, 3.63) is 84.3 Å². The lowest BCUT2D eigenvalue weighted by atomic mass is 9.98. The molecule has 3 aromatic carbocycles. The van der Waals surface area contributed by atoms with Crippen molar-refractivity contribution in [3.8, 4) is 16.9 Å². The number of nitrogens with two attached hydrogens (primary N) is 1. The Hall–Kier alpha value is -4.19. The van der Waals surface area contributed by atoms with Gasteiger partial charge in [-0.2, -0.15) is 0 Å². The van der Waals surface area contributed by atoms with E-state index >= 15 is 0 Å². The van der Waals surface area contributed by atoms with Crippen LogP contribution in [0.15, 0.2) is 77.5 Å². The number of aromatic nitrogens is 1. The van der Waals surface area contributed by atoms with E-state index in [9.17, 15) is 4.79 Å². The molecule has 5 aromatic rings. The summed E-state index contributed by atoms with van der Waals surface area (Å²) in [7, 11) is 0. The number of aliphatic carboxylic acids is 1. The first-order valence-corrected chi connectivity index (χ1v) is 10.9. The average molecular weight is 443 g/mol. The molecule has 0 atom stereocenters. The number of benzene rings is 3. The number of hydrogen-bond acceptors (Lipinski definition) is 4. The summed E-state index contributed by atoms with van der Waals surface area (Å²) in [5.74, 6) is -0.325. The van der Waals surface area contributed by atoms with Crippen molar-refractivity contribution in [1.29, 1.82) is 0 Å². The zero-order valence-electron chi connectivity index (χ0n) is 18.6. The molecule has 5 rings (SSSR count). The summed E-state index contributed by atoms with van der Waals surface area (Å²) in [5.41, 5.74) is 12.0. The summed E-state index contributed by atoms with van der Waals surface area (Å²) in [4.78, 5) is 14.4. The maximum absolute atomic E-state index is 11.1. The van der Waals surface area contributed by atoms with Gasteiger partial charge in [-0.1, -0.05) is 50.2 Å². The highest BCUT2D eigenvalue weighted by Gasteiger charge is 2.15. The SMILES string of the molecule is CC.Nc1c[nH]c2c(-c3cc(COc4ccccc4CC(=O)O)cc4ccoc34)cccc12. The minimum absolute atomic E-state index is 0.0849. The number of rotatable bonds is 6. The third-order valence-corrected chi connectivity index (χ3v) is 5.36. The fourth-order valence-corrected chi connectivity index (χ4v) is 3.94. The van der Waals surface area contributed by atoms with Crippen LogP contribution in [0.25, 0.3) is 33.0 Å². The molecule has 6 heteroatoms. The molecule has 6 nitrogen and oxygen atoms in total. The highest BCUT2D eigenvalue weighted by molar-refractivity contribution is 6.05. The van der Waals surface area contributed by atoms with E-state index in [1.807, 2.05) is 62.4 Å². The van der Waals surface area contributed by atoms with Crippen LogP contribution in [-0.2, 0) is 17.8 Å². The van der Waals surface area contributed by atoms with Crippen LogP contribution in [0.4, 0.5) is 5.69 Å². The molecule has 4 N–H and O–H groups in total. The molecule has 2 heterocycles. The first kappa shape index (κ1) is 22.0. The Kier molecular flexibility index (Phi) is 6.36. The maximum Gasteiger partial charge on any atom is 0.307 e. The molecule has 0 unspecified atom stereocenters. The minimum atomic E-state index is -0.892. The van der Waals surface area contributed by atoms with E-state index in [2.05, 4.69) is 4.98 Å². The van der Waals surface area contributed by atoms with Gasteiger partial charge in [-0.3, -0.25) is 4.79 Å². The fraction of sp³-hybridized carbons (Fsp3) is 0.148. The Morgan fingerprint density at radius 2 is 1.88 bits per heavy atom. The zero-order chi connectivity index (χ0) is 23.4. The van der Waals surface area contributed by atoms with Crippen LogP contribution in [0.2, 0.25) is 0 Å². The van der Waals surface area contributed by atoms with Gasteiger partial charge in [-0.25, -0.2) is 0 Å². The Morgan fingerprint density at radius 1 is 1.06 bits per heavy atom. The number of carbonyl (C=O) groups is 1. The first-order valence-electron chi connectivity index (χ1n) is 10.9. The molecule has 0 aliphatic rings. The lowest BCUT2D eigenvalue weighted by Gasteiger charge is -2.12. The van der Waals surface area contributed by atoms with Gasteiger partial charge in [0.05, 0.1) is 23.9 Å². The van der Waals surface area contributed by atoms with Crippen LogP contribution in [0.5, 0.6) is 5.75 Å². The van der Waals surface area contributed by atoms with E-state index < -0.39 is 5.97 Å². The number of nitrogens with one attached hydrogen (secondary N) is 1. The number of H-pyrrole nitrogens is 1. The number of para-hydroxylation sites is 2. The number of carboxylic acid groups (broad SMARTS) is 1. The Morgan fingerprint density at radius 3 is 2.70 bits per heavy atom. The fourth-order valence-electron chi connectivity index (χ4n) is 3.94. The van der Waals surface area contributed by atoms with Crippen LogP contribution >= 0.6 is 0 Å². The van der Waals surface area contributed by atoms with Crippen molar-refractivity contribution in [2.45, 2.75) is 26.9 Å².